The van der Waals surface area contributed by atoms with E-state index in [1.165, 1.54) is 0 Å². The van der Waals surface area contributed by atoms with Gasteiger partial charge in [-0.3, -0.25) is 4.79 Å². The minimum absolute atomic E-state index is 0.561. The number of esters is 2. The molecule has 0 aliphatic rings. The molecule has 0 aromatic heterocycles. The monoisotopic (exact) mass is 301 g/mol. The van der Waals surface area contributed by atoms with Crippen molar-refractivity contribution in [3.8, 4) is 0 Å². The first-order valence-corrected chi connectivity index (χ1v) is 5.02. The molecule has 0 saturated carbocycles. The van der Waals surface area contributed by atoms with Gasteiger partial charge in [-0.25, -0.2) is 0 Å². The molecule has 0 aliphatic heterocycles. The van der Waals surface area contributed by atoms with Gasteiger partial charge in [0.05, 0.1) is 5.78 Å². The van der Waals surface area contributed by atoms with Crippen molar-refractivity contribution in [2.45, 2.75) is 13.8 Å². The third-order valence-corrected chi connectivity index (χ3v) is 0.772. The van der Waals surface area contributed by atoms with Crippen molar-refractivity contribution in [1.82, 2.24) is 0 Å². The summed E-state index contributed by atoms with van der Waals surface area (Å²) >= 11 is -2.03. The van der Waals surface area contributed by atoms with Crippen LogP contribution >= 0.6 is 0 Å². The standard InChI is InChI=1S/C7H7O5.Mo.2O/c1-4(8)3-6(10)7(11)12-5(2)9;;;/h3H,1-2H3;;;/q-1;;;. The molecule has 0 amide bonds. The summed E-state index contributed by atoms with van der Waals surface area (Å²) in [6.07, 6.45) is 0.561. The normalized spacial score (nSPS) is 7.60. The Labute approximate surface area is 93.3 Å². The second-order valence-electron chi connectivity index (χ2n) is 2.07. The predicted molar refractivity (Wildman–Crippen MR) is 38.1 cm³/mol. The number of carbonyl (C=O) groups excluding carboxylic acids is 4. The van der Waals surface area contributed by atoms with Crippen LogP contribution in [0.25, 0.3) is 0 Å². The summed E-state index contributed by atoms with van der Waals surface area (Å²) < 4.78 is 20.9. The molecular weight excluding hydrogens is 292 g/mol. The molecule has 0 aromatic rings. The first-order valence-electron chi connectivity index (χ1n) is 3.39. The van der Waals surface area contributed by atoms with E-state index < -0.39 is 42.0 Å². The van der Waals surface area contributed by atoms with E-state index in [1.807, 2.05) is 0 Å². The Morgan fingerprint density at radius 3 is 1.73 bits per heavy atom. The van der Waals surface area contributed by atoms with Crippen molar-refractivity contribution < 1.29 is 49.2 Å². The van der Waals surface area contributed by atoms with Gasteiger partial charge in [-0.1, -0.05) is 0 Å². The number of hydrogen-bond donors (Lipinski definition) is 0. The van der Waals surface area contributed by atoms with E-state index >= 15 is 0 Å². The molecule has 7 nitrogen and oxygen atoms in total. The van der Waals surface area contributed by atoms with Gasteiger partial charge in [0.25, 0.3) is 5.97 Å². The van der Waals surface area contributed by atoms with Crippen LogP contribution in [-0.4, -0.2) is 23.5 Å². The van der Waals surface area contributed by atoms with Crippen molar-refractivity contribution in [2.75, 3.05) is 0 Å². The van der Waals surface area contributed by atoms with Crippen LogP contribution in [0.3, 0.4) is 0 Å². The first-order chi connectivity index (χ1) is 6.84. The Bertz CT molecular complexity index is 287. The number of Topliss-reactive ketones (excluding diaryl/α,β-unsaturated/α-hetero) is 2. The van der Waals surface area contributed by atoms with Gasteiger partial charge in [0.15, 0.2) is 0 Å². The maximum absolute atomic E-state index is 10.6. The second-order valence-corrected chi connectivity index (χ2v) is 2.40. The van der Waals surface area contributed by atoms with Crippen LogP contribution in [0, 0.1) is 6.42 Å². The molecular formula is C7H7MoO7-. The molecule has 0 rings (SSSR count). The summed E-state index contributed by atoms with van der Waals surface area (Å²) in [5, 5.41) is 0. The summed E-state index contributed by atoms with van der Waals surface area (Å²) in [4.78, 5) is 41.5. The van der Waals surface area contributed by atoms with Crippen molar-refractivity contribution in [3.05, 3.63) is 6.42 Å². The maximum atomic E-state index is 10.6. The SMILES string of the molecule is CC(=O)[CH-]C(=O)C(=O)OC(C)=O.[O]=[Mo]=[O]. The molecule has 0 aliphatic carbocycles. The van der Waals surface area contributed by atoms with Crippen LogP contribution in [0.2, 0.25) is 0 Å². The number of ketones is 2. The van der Waals surface area contributed by atoms with Crippen molar-refractivity contribution in [1.29, 1.82) is 0 Å². The zero-order valence-corrected chi connectivity index (χ0v) is 9.85. The predicted octanol–water partition coefficient (Wildman–Crippen LogP) is -0.802. The van der Waals surface area contributed by atoms with E-state index in [1.54, 1.807) is 0 Å². The second kappa shape index (κ2) is 9.20. The molecule has 0 saturated heterocycles. The molecule has 0 atom stereocenters. The molecule has 8 heteroatoms. The van der Waals surface area contributed by atoms with E-state index in [2.05, 4.69) is 4.74 Å². The minimum atomic E-state index is -2.03. The van der Waals surface area contributed by atoms with Crippen LogP contribution in [0.15, 0.2) is 0 Å². The quantitative estimate of drug-likeness (QED) is 0.220. The van der Waals surface area contributed by atoms with Crippen molar-refractivity contribution in [2.24, 2.45) is 0 Å². The summed E-state index contributed by atoms with van der Waals surface area (Å²) in [6, 6.07) is 0. The third-order valence-electron chi connectivity index (χ3n) is 0.772. The Balaban J connectivity index is 0. The molecule has 0 bridgehead atoms. The topological polar surface area (TPSA) is 112 Å². The third kappa shape index (κ3) is 12.6. The zero-order chi connectivity index (χ0) is 12.4. The Kier molecular flexibility index (Phi) is 9.87. The van der Waals surface area contributed by atoms with Gasteiger partial charge in [0, 0.05) is 6.92 Å². The molecule has 0 N–H and O–H groups in total. The summed E-state index contributed by atoms with van der Waals surface area (Å²) in [6.45, 7) is 2.10. The van der Waals surface area contributed by atoms with Crippen LogP contribution in [-0.2, 0) is 49.2 Å². The average Bonchev–Trinajstić information content (AvgIpc) is 2.02. The van der Waals surface area contributed by atoms with Crippen LogP contribution in [0.4, 0.5) is 0 Å². The Morgan fingerprint density at radius 2 is 1.47 bits per heavy atom. The van der Waals surface area contributed by atoms with E-state index in [4.69, 9.17) is 6.80 Å². The number of hydrogen-bond acceptors (Lipinski definition) is 7. The number of rotatable bonds is 3. The van der Waals surface area contributed by atoms with Gasteiger partial charge >= 0.3 is 25.3 Å². The van der Waals surface area contributed by atoms with Gasteiger partial charge in [0.2, 0.25) is 5.97 Å². The van der Waals surface area contributed by atoms with Crippen molar-refractivity contribution >= 4 is 23.5 Å². The van der Waals surface area contributed by atoms with Crippen LogP contribution < -0.4 is 0 Å². The molecule has 0 aromatic carbocycles. The molecule has 0 spiro atoms. The summed E-state index contributed by atoms with van der Waals surface area (Å²) in [7, 11) is 0. The Hall–Kier alpha value is -1.36. The fourth-order valence-electron chi connectivity index (χ4n) is 0.424. The average molecular weight is 299 g/mol. The van der Waals surface area contributed by atoms with Gasteiger partial charge in [-0.2, -0.15) is 0 Å². The van der Waals surface area contributed by atoms with E-state index in [0.717, 1.165) is 13.8 Å². The van der Waals surface area contributed by atoms with Crippen molar-refractivity contribution in [3.63, 3.8) is 0 Å². The molecule has 0 radical (unpaired) electrons. The van der Waals surface area contributed by atoms with E-state index in [-0.39, 0.29) is 0 Å². The fraction of sp³-hybridized carbons (Fsp3) is 0.286. The van der Waals surface area contributed by atoms with E-state index in [0.29, 0.717) is 6.42 Å². The molecule has 0 unspecified atom stereocenters. The summed E-state index contributed by atoms with van der Waals surface area (Å²) in [5.74, 6) is -3.92. The van der Waals surface area contributed by atoms with Crippen LogP contribution in [0.5, 0.6) is 0 Å². The van der Waals surface area contributed by atoms with Gasteiger partial charge in [0.1, 0.15) is 5.78 Å². The van der Waals surface area contributed by atoms with Gasteiger partial charge in [-0.15, -0.1) is 6.42 Å². The van der Waals surface area contributed by atoms with Gasteiger partial charge in [-0.05, 0) is 6.92 Å². The molecule has 15 heavy (non-hydrogen) atoms. The first kappa shape index (κ1) is 16.1. The summed E-state index contributed by atoms with van der Waals surface area (Å²) in [5.41, 5.74) is 0. The van der Waals surface area contributed by atoms with Gasteiger partial charge < -0.3 is 19.1 Å². The Morgan fingerprint density at radius 1 is 1.07 bits per heavy atom. The molecule has 0 fully saturated rings. The molecule has 0 heterocycles. The van der Waals surface area contributed by atoms with E-state index in [9.17, 15) is 19.2 Å². The zero-order valence-electron chi connectivity index (χ0n) is 7.84. The number of ether oxygens (including phenoxy) is 1. The molecule has 84 valence electrons. The van der Waals surface area contributed by atoms with Crippen LogP contribution in [0.1, 0.15) is 13.8 Å². The fourth-order valence-corrected chi connectivity index (χ4v) is 0.424. The number of carbonyl (C=O) groups is 4.